The third kappa shape index (κ3) is 2.24. The summed E-state index contributed by atoms with van der Waals surface area (Å²) in [6, 6.07) is 5.00. The van der Waals surface area contributed by atoms with Crippen LogP contribution in [0.4, 0.5) is 0 Å². The molecule has 0 bridgehead atoms. The Balaban J connectivity index is 2.15. The Labute approximate surface area is 111 Å². The normalized spacial score (nSPS) is 16.3. The van der Waals surface area contributed by atoms with Crippen LogP contribution in [0.2, 0.25) is 0 Å². The first kappa shape index (κ1) is 12.2. The highest BCUT2D eigenvalue weighted by Crippen LogP contribution is 2.27. The number of likely N-dealkylation sites (tertiary alicyclic amines) is 1. The minimum Gasteiger partial charge on any atom is -0.507 e. The van der Waals surface area contributed by atoms with Crippen LogP contribution in [0, 0.1) is 6.92 Å². The van der Waals surface area contributed by atoms with Crippen molar-refractivity contribution in [2.75, 3.05) is 13.1 Å². The number of phenols is 1. The quantitative estimate of drug-likeness (QED) is 0.792. The summed E-state index contributed by atoms with van der Waals surface area (Å²) in [6.07, 6.45) is 2.45. The number of nitrogens with one attached hydrogen (secondary N) is 1. The molecule has 2 N–H and O–H groups in total. The predicted molar refractivity (Wildman–Crippen MR) is 72.5 cm³/mol. The number of benzene rings is 1. The lowest BCUT2D eigenvalue weighted by molar-refractivity contribution is -0.901. The largest absolute Gasteiger partial charge is 0.507 e. The first-order valence-electron chi connectivity index (χ1n) is 6.74. The van der Waals surface area contributed by atoms with E-state index in [1.54, 1.807) is 6.07 Å². The molecule has 19 heavy (non-hydrogen) atoms. The summed E-state index contributed by atoms with van der Waals surface area (Å²) >= 11 is 0. The van der Waals surface area contributed by atoms with Gasteiger partial charge in [-0.05, 0) is 24.6 Å². The summed E-state index contributed by atoms with van der Waals surface area (Å²) in [6.45, 7) is 4.84. The van der Waals surface area contributed by atoms with Gasteiger partial charge in [0.05, 0.1) is 18.7 Å². The third-order valence-corrected chi connectivity index (χ3v) is 3.94. The molecule has 0 amide bonds. The molecule has 0 unspecified atom stereocenters. The number of fused-ring (bicyclic) bond motifs is 1. The van der Waals surface area contributed by atoms with Gasteiger partial charge in [-0.2, -0.15) is 0 Å². The van der Waals surface area contributed by atoms with Crippen LogP contribution < -0.4 is 10.5 Å². The van der Waals surface area contributed by atoms with Crippen molar-refractivity contribution in [1.82, 2.24) is 0 Å². The monoisotopic (exact) mass is 260 g/mol. The number of aromatic hydroxyl groups is 1. The maximum absolute atomic E-state index is 11.5. The molecule has 4 nitrogen and oxygen atoms in total. The number of aryl methyl sites for hydroxylation is 1. The minimum absolute atomic E-state index is 0.223. The van der Waals surface area contributed by atoms with Crippen molar-refractivity contribution in [2.45, 2.75) is 26.3 Å². The molecule has 0 atom stereocenters. The van der Waals surface area contributed by atoms with Crippen LogP contribution in [-0.2, 0) is 6.54 Å². The van der Waals surface area contributed by atoms with E-state index in [1.807, 2.05) is 13.0 Å². The molecule has 0 aliphatic carbocycles. The van der Waals surface area contributed by atoms with E-state index in [2.05, 4.69) is 0 Å². The highest BCUT2D eigenvalue weighted by Gasteiger charge is 2.20. The van der Waals surface area contributed by atoms with E-state index in [9.17, 15) is 9.90 Å². The number of hydrogen-bond acceptors (Lipinski definition) is 3. The molecule has 0 saturated carbocycles. The topological polar surface area (TPSA) is 54.9 Å². The van der Waals surface area contributed by atoms with E-state index in [-0.39, 0.29) is 11.4 Å². The second-order valence-corrected chi connectivity index (χ2v) is 5.32. The molecule has 3 rings (SSSR count). The van der Waals surface area contributed by atoms with Gasteiger partial charge in [0.25, 0.3) is 0 Å². The van der Waals surface area contributed by atoms with Crippen LogP contribution in [-0.4, -0.2) is 18.2 Å². The van der Waals surface area contributed by atoms with Crippen molar-refractivity contribution in [3.05, 3.63) is 39.7 Å². The molecule has 100 valence electrons. The lowest BCUT2D eigenvalue weighted by Crippen LogP contribution is -3.08. The van der Waals surface area contributed by atoms with Gasteiger partial charge >= 0.3 is 5.63 Å². The Morgan fingerprint density at radius 2 is 2.05 bits per heavy atom. The number of quaternary nitrogens is 1. The van der Waals surface area contributed by atoms with E-state index in [1.165, 1.54) is 23.8 Å². The molecule has 1 aliphatic heterocycles. The molecule has 0 radical (unpaired) electrons. The van der Waals surface area contributed by atoms with Crippen LogP contribution in [0.1, 0.15) is 24.0 Å². The van der Waals surface area contributed by atoms with Gasteiger partial charge in [0, 0.05) is 24.3 Å². The summed E-state index contributed by atoms with van der Waals surface area (Å²) in [4.78, 5) is 13.0. The molecule has 2 aromatic rings. The number of rotatable bonds is 2. The highest BCUT2D eigenvalue weighted by atomic mass is 16.4. The van der Waals surface area contributed by atoms with Crippen LogP contribution in [0.15, 0.2) is 27.4 Å². The zero-order valence-electron chi connectivity index (χ0n) is 11.0. The predicted octanol–water partition coefficient (Wildman–Crippen LogP) is 0.986. The average Bonchev–Trinajstić information content (AvgIpc) is 2.85. The molecule has 1 aromatic heterocycles. The summed E-state index contributed by atoms with van der Waals surface area (Å²) in [5.41, 5.74) is 1.84. The second kappa shape index (κ2) is 4.70. The van der Waals surface area contributed by atoms with E-state index in [4.69, 9.17) is 4.42 Å². The summed E-state index contributed by atoms with van der Waals surface area (Å²) in [5.74, 6) is 0.223. The highest BCUT2D eigenvalue weighted by molar-refractivity contribution is 5.84. The fraction of sp³-hybridized carbons (Fsp3) is 0.400. The van der Waals surface area contributed by atoms with Gasteiger partial charge < -0.3 is 14.4 Å². The first-order valence-corrected chi connectivity index (χ1v) is 6.74. The summed E-state index contributed by atoms with van der Waals surface area (Å²) < 4.78 is 5.34. The van der Waals surface area contributed by atoms with Crippen LogP contribution in [0.3, 0.4) is 0 Å². The first-order chi connectivity index (χ1) is 9.15. The van der Waals surface area contributed by atoms with E-state index in [0.717, 1.165) is 36.1 Å². The molecule has 2 heterocycles. The number of hydrogen-bond donors (Lipinski definition) is 2. The van der Waals surface area contributed by atoms with Crippen molar-refractivity contribution >= 4 is 11.0 Å². The van der Waals surface area contributed by atoms with Crippen molar-refractivity contribution < 1.29 is 14.4 Å². The maximum Gasteiger partial charge on any atom is 0.336 e. The molecule has 1 fully saturated rings. The zero-order chi connectivity index (χ0) is 13.4. The molecular weight excluding hydrogens is 242 g/mol. The molecule has 1 aromatic carbocycles. The molecule has 1 aliphatic rings. The smallest absolute Gasteiger partial charge is 0.336 e. The summed E-state index contributed by atoms with van der Waals surface area (Å²) in [5, 5.41) is 11.0. The number of phenolic OH excluding ortho intramolecular Hbond substituents is 1. The molecular formula is C15H18NO3+. The van der Waals surface area contributed by atoms with Gasteiger partial charge in [-0.15, -0.1) is 0 Å². The molecule has 0 spiro atoms. The van der Waals surface area contributed by atoms with E-state index >= 15 is 0 Å². The van der Waals surface area contributed by atoms with Crippen molar-refractivity contribution in [2.24, 2.45) is 0 Å². The van der Waals surface area contributed by atoms with Crippen molar-refractivity contribution in [3.8, 4) is 5.75 Å². The van der Waals surface area contributed by atoms with Crippen LogP contribution >= 0.6 is 0 Å². The van der Waals surface area contributed by atoms with Crippen LogP contribution in [0.25, 0.3) is 11.0 Å². The van der Waals surface area contributed by atoms with Crippen LogP contribution in [0.5, 0.6) is 5.75 Å². The molecule has 4 heteroatoms. The van der Waals surface area contributed by atoms with Gasteiger partial charge in [0.2, 0.25) is 0 Å². The lowest BCUT2D eigenvalue weighted by Gasteiger charge is -2.14. The maximum atomic E-state index is 11.5. The second-order valence-electron chi connectivity index (χ2n) is 5.32. The van der Waals surface area contributed by atoms with Gasteiger partial charge in [0.1, 0.15) is 12.3 Å². The standard InChI is InChI=1S/C15H17NO3/c1-10-8-14(18)19-15-11(10)4-5-13(17)12(15)9-16-6-2-3-7-16/h4-5,8,17H,2-3,6-7,9H2,1H3/p+1. The zero-order valence-corrected chi connectivity index (χ0v) is 11.0. The van der Waals surface area contributed by atoms with Gasteiger partial charge in [-0.25, -0.2) is 4.79 Å². The van der Waals surface area contributed by atoms with Crippen molar-refractivity contribution in [3.63, 3.8) is 0 Å². The van der Waals surface area contributed by atoms with E-state index in [0.29, 0.717) is 5.58 Å². The Morgan fingerprint density at radius 1 is 1.32 bits per heavy atom. The molecule has 1 saturated heterocycles. The Bertz CT molecular complexity index is 669. The Hall–Kier alpha value is -1.81. The van der Waals surface area contributed by atoms with Crippen molar-refractivity contribution in [1.29, 1.82) is 0 Å². The van der Waals surface area contributed by atoms with E-state index < -0.39 is 0 Å². The van der Waals surface area contributed by atoms with Gasteiger partial charge in [-0.3, -0.25) is 0 Å². The average molecular weight is 260 g/mol. The Kier molecular flexibility index (Phi) is 3.03. The Morgan fingerprint density at radius 3 is 2.79 bits per heavy atom. The van der Waals surface area contributed by atoms with Gasteiger partial charge in [-0.1, -0.05) is 0 Å². The minimum atomic E-state index is -0.353. The fourth-order valence-electron chi connectivity index (χ4n) is 2.90. The summed E-state index contributed by atoms with van der Waals surface area (Å²) in [7, 11) is 0. The SMILES string of the molecule is Cc1cc(=O)oc2c(C[NH+]3CCCC3)c(O)ccc12. The lowest BCUT2D eigenvalue weighted by atomic mass is 10.1. The fourth-order valence-corrected chi connectivity index (χ4v) is 2.90. The third-order valence-electron chi connectivity index (χ3n) is 3.94. The van der Waals surface area contributed by atoms with Gasteiger partial charge in [0.15, 0.2) is 5.58 Å².